The summed E-state index contributed by atoms with van der Waals surface area (Å²) in [6, 6.07) is 9.29. The van der Waals surface area contributed by atoms with E-state index in [4.69, 9.17) is 0 Å². The number of nitrogens with one attached hydrogen (secondary N) is 1. The smallest absolute Gasteiger partial charge is 0.356 e. The fraction of sp³-hybridized carbons (Fsp3) is 0.316. The van der Waals surface area contributed by atoms with E-state index in [1.165, 1.54) is 13.0 Å². The van der Waals surface area contributed by atoms with E-state index in [0.29, 0.717) is 23.6 Å². The lowest BCUT2D eigenvalue weighted by molar-refractivity contribution is -0.137. The van der Waals surface area contributed by atoms with Crippen LogP contribution in [0, 0.1) is 0 Å². The van der Waals surface area contributed by atoms with Crippen molar-refractivity contribution in [2.45, 2.75) is 36.7 Å². The van der Waals surface area contributed by atoms with Crippen LogP contribution in [0.4, 0.5) is 13.2 Å². The summed E-state index contributed by atoms with van der Waals surface area (Å²) in [6.07, 6.45) is -3.00. The maximum Gasteiger partial charge on any atom is 0.417 e. The minimum absolute atomic E-state index is 0.0930. The number of benzene rings is 1. The lowest BCUT2D eigenvalue weighted by Gasteiger charge is -2.11. The van der Waals surface area contributed by atoms with Gasteiger partial charge >= 0.3 is 6.18 Å². The molecule has 27 heavy (non-hydrogen) atoms. The molecular formula is C19H19F3N2O2S. The Balaban J connectivity index is 1.95. The standard InChI is InChI=1S/C19H19F3N2O2S/c1-12(27-17-8-7-16(11-24-17)19(20,21)22)18(26)15-5-3-14(4-6-15)9-10-23-13(2)25/h3-8,11-12H,9-10H2,1-2H3,(H,23,25)/t12-/m0/s1. The topological polar surface area (TPSA) is 59.1 Å². The maximum absolute atomic E-state index is 12.6. The summed E-state index contributed by atoms with van der Waals surface area (Å²) in [6.45, 7) is 3.66. The van der Waals surface area contributed by atoms with Crippen molar-refractivity contribution >= 4 is 23.5 Å². The Labute approximate surface area is 159 Å². The fourth-order valence-electron chi connectivity index (χ4n) is 2.31. The number of carbonyl (C=O) groups excluding carboxylic acids is 2. The second kappa shape index (κ2) is 9.03. The molecular weight excluding hydrogens is 377 g/mol. The summed E-state index contributed by atoms with van der Waals surface area (Å²) in [5.74, 6) is -0.223. The number of alkyl halides is 3. The summed E-state index contributed by atoms with van der Waals surface area (Å²) in [7, 11) is 0. The second-order valence-corrected chi connectivity index (χ2v) is 7.30. The van der Waals surface area contributed by atoms with E-state index >= 15 is 0 Å². The third-order valence-corrected chi connectivity index (χ3v) is 4.81. The van der Waals surface area contributed by atoms with Crippen molar-refractivity contribution in [1.82, 2.24) is 10.3 Å². The van der Waals surface area contributed by atoms with Crippen LogP contribution in [-0.2, 0) is 17.4 Å². The van der Waals surface area contributed by atoms with Crippen molar-refractivity contribution < 1.29 is 22.8 Å². The molecule has 2 rings (SSSR count). The monoisotopic (exact) mass is 396 g/mol. The minimum Gasteiger partial charge on any atom is -0.356 e. The first-order valence-corrected chi connectivity index (χ1v) is 9.12. The molecule has 8 heteroatoms. The summed E-state index contributed by atoms with van der Waals surface area (Å²) in [4.78, 5) is 27.1. The number of amides is 1. The highest BCUT2D eigenvalue weighted by Crippen LogP contribution is 2.30. The van der Waals surface area contributed by atoms with Crippen LogP contribution < -0.4 is 5.32 Å². The molecule has 0 saturated carbocycles. The first kappa shape index (κ1) is 21.0. The number of ketones is 1. The summed E-state index contributed by atoms with van der Waals surface area (Å²) >= 11 is 1.11. The van der Waals surface area contributed by atoms with Crippen LogP contribution in [0.3, 0.4) is 0 Å². The van der Waals surface area contributed by atoms with Gasteiger partial charge in [-0.15, -0.1) is 0 Å². The van der Waals surface area contributed by atoms with Gasteiger partial charge in [-0.25, -0.2) is 4.98 Å². The highest BCUT2D eigenvalue weighted by molar-refractivity contribution is 8.00. The summed E-state index contributed by atoms with van der Waals surface area (Å²) in [5, 5.41) is 2.57. The highest BCUT2D eigenvalue weighted by atomic mass is 32.2. The molecule has 1 aromatic carbocycles. The van der Waals surface area contributed by atoms with Crippen molar-refractivity contribution in [3.63, 3.8) is 0 Å². The molecule has 0 fully saturated rings. The number of hydrogen-bond acceptors (Lipinski definition) is 4. The van der Waals surface area contributed by atoms with Gasteiger partial charge in [-0.05, 0) is 31.0 Å². The van der Waals surface area contributed by atoms with E-state index < -0.39 is 17.0 Å². The molecule has 2 aromatic rings. The van der Waals surface area contributed by atoms with Gasteiger partial charge in [0.15, 0.2) is 5.78 Å². The average molecular weight is 396 g/mol. The SMILES string of the molecule is CC(=O)NCCc1ccc(C(=O)[C@H](C)Sc2ccc(C(F)(F)F)cn2)cc1. The Kier molecular flexibility index (Phi) is 7.01. The Hall–Kier alpha value is -2.35. The largest absolute Gasteiger partial charge is 0.417 e. The Morgan fingerprint density at radius 2 is 1.81 bits per heavy atom. The number of carbonyl (C=O) groups is 2. The molecule has 0 aliphatic rings. The van der Waals surface area contributed by atoms with Gasteiger partial charge in [0.1, 0.15) is 0 Å². The van der Waals surface area contributed by atoms with Gasteiger partial charge in [0.05, 0.1) is 15.8 Å². The molecule has 1 N–H and O–H groups in total. The molecule has 4 nitrogen and oxygen atoms in total. The molecule has 0 aliphatic carbocycles. The van der Waals surface area contributed by atoms with Crippen molar-refractivity contribution in [2.75, 3.05) is 6.54 Å². The zero-order valence-corrected chi connectivity index (χ0v) is 15.7. The Bertz CT molecular complexity index is 790. The molecule has 1 aromatic heterocycles. The molecule has 0 aliphatic heterocycles. The molecule has 0 radical (unpaired) electrons. The van der Waals surface area contributed by atoms with Crippen LogP contribution in [0.1, 0.15) is 35.3 Å². The Morgan fingerprint density at radius 1 is 1.15 bits per heavy atom. The molecule has 1 heterocycles. The highest BCUT2D eigenvalue weighted by Gasteiger charge is 2.30. The predicted molar refractivity (Wildman–Crippen MR) is 97.7 cm³/mol. The van der Waals surface area contributed by atoms with Gasteiger partial charge < -0.3 is 5.32 Å². The molecule has 0 unspecified atom stereocenters. The van der Waals surface area contributed by atoms with Crippen LogP contribution in [0.2, 0.25) is 0 Å². The number of thioether (sulfide) groups is 1. The Morgan fingerprint density at radius 3 is 2.33 bits per heavy atom. The summed E-state index contributed by atoms with van der Waals surface area (Å²) in [5.41, 5.74) is 0.691. The number of nitrogens with zero attached hydrogens (tertiary/aromatic N) is 1. The fourth-order valence-corrected chi connectivity index (χ4v) is 3.17. The number of hydrogen-bond donors (Lipinski definition) is 1. The van der Waals surface area contributed by atoms with E-state index in [2.05, 4.69) is 10.3 Å². The van der Waals surface area contributed by atoms with Gasteiger partial charge in [-0.1, -0.05) is 36.0 Å². The van der Waals surface area contributed by atoms with Gasteiger partial charge in [-0.3, -0.25) is 9.59 Å². The third kappa shape index (κ3) is 6.39. The van der Waals surface area contributed by atoms with Crippen LogP contribution in [-0.4, -0.2) is 28.5 Å². The van der Waals surface area contributed by atoms with Crippen molar-refractivity contribution in [2.24, 2.45) is 0 Å². The number of pyridine rings is 1. The third-order valence-electron chi connectivity index (χ3n) is 3.76. The minimum atomic E-state index is -4.43. The van der Waals surface area contributed by atoms with Gasteiger partial charge in [0.25, 0.3) is 0 Å². The van der Waals surface area contributed by atoms with E-state index in [-0.39, 0.29) is 11.7 Å². The zero-order valence-electron chi connectivity index (χ0n) is 14.8. The predicted octanol–water partition coefficient (Wildman–Crippen LogP) is 4.14. The molecule has 1 amide bonds. The molecule has 144 valence electrons. The van der Waals surface area contributed by atoms with E-state index in [1.54, 1.807) is 19.1 Å². The number of halogens is 3. The van der Waals surface area contributed by atoms with Crippen LogP contribution in [0.15, 0.2) is 47.6 Å². The van der Waals surface area contributed by atoms with Crippen LogP contribution in [0.25, 0.3) is 0 Å². The van der Waals surface area contributed by atoms with E-state index in [1.807, 2.05) is 12.1 Å². The maximum atomic E-state index is 12.6. The number of Topliss-reactive ketones (excluding diaryl/α,β-unsaturated/α-hetero) is 1. The lowest BCUT2D eigenvalue weighted by Crippen LogP contribution is -2.22. The van der Waals surface area contributed by atoms with E-state index in [0.717, 1.165) is 29.6 Å². The molecule has 0 bridgehead atoms. The van der Waals surface area contributed by atoms with Gasteiger partial charge in [0, 0.05) is 25.2 Å². The average Bonchev–Trinajstić information content (AvgIpc) is 2.61. The zero-order chi connectivity index (χ0) is 20.0. The van der Waals surface area contributed by atoms with Gasteiger partial charge in [0.2, 0.25) is 5.91 Å². The first-order chi connectivity index (χ1) is 12.7. The summed E-state index contributed by atoms with van der Waals surface area (Å²) < 4.78 is 37.7. The van der Waals surface area contributed by atoms with Crippen molar-refractivity contribution in [3.8, 4) is 0 Å². The lowest BCUT2D eigenvalue weighted by atomic mass is 10.0. The van der Waals surface area contributed by atoms with Crippen molar-refractivity contribution in [3.05, 3.63) is 59.3 Å². The van der Waals surface area contributed by atoms with Crippen LogP contribution in [0.5, 0.6) is 0 Å². The number of rotatable bonds is 7. The normalized spacial score (nSPS) is 12.5. The molecule has 1 atom stereocenters. The first-order valence-electron chi connectivity index (χ1n) is 8.24. The van der Waals surface area contributed by atoms with Crippen molar-refractivity contribution in [1.29, 1.82) is 0 Å². The van der Waals surface area contributed by atoms with Crippen LogP contribution >= 0.6 is 11.8 Å². The second-order valence-electron chi connectivity index (χ2n) is 5.94. The van der Waals surface area contributed by atoms with Gasteiger partial charge in [-0.2, -0.15) is 13.2 Å². The number of aromatic nitrogens is 1. The van der Waals surface area contributed by atoms with E-state index in [9.17, 15) is 22.8 Å². The quantitative estimate of drug-likeness (QED) is 0.564. The molecule has 0 spiro atoms. The molecule has 0 saturated heterocycles.